The molecular formula is C21H21N3O5. The molecule has 1 heterocycles. The summed E-state index contributed by atoms with van der Waals surface area (Å²) in [6, 6.07) is 15.2. The van der Waals surface area contributed by atoms with Gasteiger partial charge in [-0.3, -0.25) is 9.59 Å². The molecule has 0 aliphatic heterocycles. The lowest BCUT2D eigenvalue weighted by atomic mass is 10.1. The highest BCUT2D eigenvalue weighted by Gasteiger charge is 2.12. The first kappa shape index (κ1) is 19.9. The number of carbonyl (C=O) groups excluding carboxylic acids is 2. The van der Waals surface area contributed by atoms with Gasteiger partial charge in [0.1, 0.15) is 23.9 Å². The van der Waals surface area contributed by atoms with Crippen LogP contribution in [0.5, 0.6) is 11.5 Å². The Hall–Kier alpha value is -3.81. The van der Waals surface area contributed by atoms with Gasteiger partial charge in [0, 0.05) is 17.2 Å². The summed E-state index contributed by atoms with van der Waals surface area (Å²) >= 11 is 0. The second kappa shape index (κ2) is 9.41. The molecule has 2 aromatic carbocycles. The highest BCUT2D eigenvalue weighted by molar-refractivity contribution is 6.05. The standard InChI is InChI=1S/C21H21N3O5/c1-14-12-19(24-29-14)23-21(26)16-5-3-4-15(13-16)20(25)22-10-11-28-18-8-6-17(27-2)7-9-18/h3-9,12-13H,10-11H2,1-2H3,(H,22,25)(H,23,24,26). The van der Waals surface area contributed by atoms with Crippen molar-refractivity contribution in [1.82, 2.24) is 10.5 Å². The number of hydrogen-bond acceptors (Lipinski definition) is 6. The zero-order chi connectivity index (χ0) is 20.6. The van der Waals surface area contributed by atoms with Crippen molar-refractivity contribution in [3.63, 3.8) is 0 Å². The molecule has 0 fully saturated rings. The number of amides is 2. The van der Waals surface area contributed by atoms with Crippen LogP contribution < -0.4 is 20.1 Å². The Balaban J connectivity index is 1.50. The van der Waals surface area contributed by atoms with Crippen LogP contribution >= 0.6 is 0 Å². The largest absolute Gasteiger partial charge is 0.497 e. The molecule has 2 amide bonds. The smallest absolute Gasteiger partial charge is 0.256 e. The van der Waals surface area contributed by atoms with Crippen molar-refractivity contribution in [2.45, 2.75) is 6.92 Å². The minimum atomic E-state index is -0.379. The van der Waals surface area contributed by atoms with Gasteiger partial charge in [-0.1, -0.05) is 11.2 Å². The maximum absolute atomic E-state index is 12.3. The molecule has 0 radical (unpaired) electrons. The van der Waals surface area contributed by atoms with Crippen LogP contribution in [0.4, 0.5) is 5.82 Å². The first-order valence-corrected chi connectivity index (χ1v) is 8.95. The molecule has 8 heteroatoms. The number of rotatable bonds is 8. The van der Waals surface area contributed by atoms with Gasteiger partial charge in [0.05, 0.1) is 13.7 Å². The van der Waals surface area contributed by atoms with E-state index in [-0.39, 0.29) is 11.8 Å². The number of ether oxygens (including phenoxy) is 2. The number of carbonyl (C=O) groups is 2. The van der Waals surface area contributed by atoms with Gasteiger partial charge in [0.2, 0.25) is 0 Å². The molecule has 0 aliphatic rings. The summed E-state index contributed by atoms with van der Waals surface area (Å²) in [7, 11) is 1.60. The van der Waals surface area contributed by atoms with Crippen LogP contribution in [-0.4, -0.2) is 37.2 Å². The average molecular weight is 395 g/mol. The number of methoxy groups -OCH3 is 1. The lowest BCUT2D eigenvalue weighted by Crippen LogP contribution is -2.28. The zero-order valence-electron chi connectivity index (χ0n) is 16.1. The van der Waals surface area contributed by atoms with Gasteiger partial charge >= 0.3 is 0 Å². The number of aromatic nitrogens is 1. The molecule has 0 saturated carbocycles. The van der Waals surface area contributed by atoms with Gasteiger partial charge in [-0.25, -0.2) is 0 Å². The van der Waals surface area contributed by atoms with E-state index in [9.17, 15) is 9.59 Å². The number of anilines is 1. The molecule has 0 unspecified atom stereocenters. The average Bonchev–Trinajstić information content (AvgIpc) is 3.16. The van der Waals surface area contributed by atoms with Crippen molar-refractivity contribution in [2.24, 2.45) is 0 Å². The lowest BCUT2D eigenvalue weighted by molar-refractivity contribution is 0.0947. The molecule has 0 spiro atoms. The maximum Gasteiger partial charge on any atom is 0.256 e. The van der Waals surface area contributed by atoms with E-state index in [1.165, 1.54) is 6.07 Å². The lowest BCUT2D eigenvalue weighted by Gasteiger charge is -2.09. The van der Waals surface area contributed by atoms with E-state index in [1.54, 1.807) is 62.6 Å². The van der Waals surface area contributed by atoms with E-state index in [1.807, 2.05) is 0 Å². The van der Waals surface area contributed by atoms with Crippen molar-refractivity contribution in [3.05, 3.63) is 71.5 Å². The molecule has 0 bridgehead atoms. The van der Waals surface area contributed by atoms with E-state index in [4.69, 9.17) is 14.0 Å². The molecule has 3 rings (SSSR count). The van der Waals surface area contributed by atoms with Crippen LogP contribution in [0.2, 0.25) is 0 Å². The topological polar surface area (TPSA) is 103 Å². The Morgan fingerprint density at radius 1 is 1.00 bits per heavy atom. The number of nitrogens with zero attached hydrogens (tertiary/aromatic N) is 1. The fraction of sp³-hybridized carbons (Fsp3) is 0.190. The van der Waals surface area contributed by atoms with Crippen LogP contribution in [0, 0.1) is 6.92 Å². The van der Waals surface area contributed by atoms with Gasteiger partial charge in [0.25, 0.3) is 11.8 Å². The SMILES string of the molecule is COc1ccc(OCCNC(=O)c2cccc(C(=O)Nc3cc(C)on3)c2)cc1. The minimum absolute atomic E-state index is 0.296. The molecular weight excluding hydrogens is 374 g/mol. The van der Waals surface area contributed by atoms with E-state index < -0.39 is 0 Å². The quantitative estimate of drug-likeness (QED) is 0.568. The molecule has 3 aromatic rings. The van der Waals surface area contributed by atoms with Crippen LogP contribution in [0.1, 0.15) is 26.5 Å². The molecule has 29 heavy (non-hydrogen) atoms. The van der Waals surface area contributed by atoms with Gasteiger partial charge in [-0.15, -0.1) is 0 Å². The van der Waals surface area contributed by atoms with E-state index in [2.05, 4.69) is 15.8 Å². The van der Waals surface area contributed by atoms with E-state index >= 15 is 0 Å². The van der Waals surface area contributed by atoms with Gasteiger partial charge in [-0.05, 0) is 49.4 Å². The van der Waals surface area contributed by atoms with E-state index in [0.717, 1.165) is 5.75 Å². The van der Waals surface area contributed by atoms with Gasteiger partial charge < -0.3 is 24.6 Å². The van der Waals surface area contributed by atoms with Gasteiger partial charge in [-0.2, -0.15) is 0 Å². The number of benzene rings is 2. The second-order valence-corrected chi connectivity index (χ2v) is 6.14. The summed E-state index contributed by atoms with van der Waals surface area (Å²) in [5.41, 5.74) is 0.714. The minimum Gasteiger partial charge on any atom is -0.497 e. The van der Waals surface area contributed by atoms with Gasteiger partial charge in [0.15, 0.2) is 5.82 Å². The summed E-state index contributed by atoms with van der Waals surface area (Å²) in [4.78, 5) is 24.6. The third-order valence-corrected chi connectivity index (χ3v) is 3.97. The summed E-state index contributed by atoms with van der Waals surface area (Å²) in [6.45, 7) is 2.36. The Morgan fingerprint density at radius 2 is 1.69 bits per heavy atom. The first-order valence-electron chi connectivity index (χ1n) is 8.95. The Morgan fingerprint density at radius 3 is 2.34 bits per heavy atom. The number of aryl methyl sites for hydroxylation is 1. The Bertz CT molecular complexity index is 982. The Labute approximate surface area is 167 Å². The Kier molecular flexibility index (Phi) is 6.47. The van der Waals surface area contributed by atoms with Crippen LogP contribution in [0.15, 0.2) is 59.1 Å². The molecule has 8 nitrogen and oxygen atoms in total. The molecule has 0 atom stereocenters. The number of hydrogen-bond donors (Lipinski definition) is 2. The van der Waals surface area contributed by atoms with Crippen molar-refractivity contribution in [1.29, 1.82) is 0 Å². The molecule has 1 aromatic heterocycles. The highest BCUT2D eigenvalue weighted by Crippen LogP contribution is 2.16. The predicted molar refractivity (Wildman–Crippen MR) is 106 cm³/mol. The zero-order valence-corrected chi connectivity index (χ0v) is 16.1. The summed E-state index contributed by atoms with van der Waals surface area (Å²) in [6.07, 6.45) is 0. The second-order valence-electron chi connectivity index (χ2n) is 6.14. The van der Waals surface area contributed by atoms with Crippen LogP contribution in [-0.2, 0) is 0 Å². The summed E-state index contributed by atoms with van der Waals surface area (Å²) < 4.78 is 15.6. The third kappa shape index (κ3) is 5.58. The van der Waals surface area contributed by atoms with Crippen molar-refractivity contribution >= 4 is 17.6 Å². The molecule has 150 valence electrons. The van der Waals surface area contributed by atoms with Crippen molar-refractivity contribution < 1.29 is 23.6 Å². The molecule has 0 aliphatic carbocycles. The summed E-state index contributed by atoms with van der Waals surface area (Å²) in [5.74, 6) is 1.66. The predicted octanol–water partition coefficient (Wildman–Crippen LogP) is 3.05. The third-order valence-electron chi connectivity index (χ3n) is 3.97. The fourth-order valence-corrected chi connectivity index (χ4v) is 2.52. The monoisotopic (exact) mass is 395 g/mol. The normalized spacial score (nSPS) is 10.3. The van der Waals surface area contributed by atoms with Crippen molar-refractivity contribution in [3.8, 4) is 11.5 Å². The molecule has 0 saturated heterocycles. The summed E-state index contributed by atoms with van der Waals surface area (Å²) in [5, 5.41) is 9.10. The van der Waals surface area contributed by atoms with Crippen molar-refractivity contribution in [2.75, 3.05) is 25.6 Å². The maximum atomic E-state index is 12.3. The van der Waals surface area contributed by atoms with Crippen LogP contribution in [0.3, 0.4) is 0 Å². The fourth-order valence-electron chi connectivity index (χ4n) is 2.52. The number of nitrogens with one attached hydrogen (secondary N) is 2. The van der Waals surface area contributed by atoms with Crippen LogP contribution in [0.25, 0.3) is 0 Å². The molecule has 2 N–H and O–H groups in total. The highest BCUT2D eigenvalue weighted by atomic mass is 16.5. The van der Waals surface area contributed by atoms with E-state index in [0.29, 0.717) is 41.6 Å². The first-order chi connectivity index (χ1) is 14.0.